The van der Waals surface area contributed by atoms with Gasteiger partial charge in [-0.3, -0.25) is 4.79 Å². The summed E-state index contributed by atoms with van der Waals surface area (Å²) in [5.74, 6) is 0.785. The topological polar surface area (TPSA) is 50.7 Å². The highest BCUT2D eigenvalue weighted by Gasteiger charge is 1.99. The zero-order chi connectivity index (χ0) is 19.2. The van der Waals surface area contributed by atoms with Crippen LogP contribution in [0.4, 0.5) is 0 Å². The summed E-state index contributed by atoms with van der Waals surface area (Å²) in [5, 5.41) is 4.03. The predicted octanol–water partition coefficient (Wildman–Crippen LogP) is 5.47. The number of ether oxygens (including phenoxy) is 1. The number of amides is 1. The third-order valence-corrected chi connectivity index (χ3v) is 4.29. The second-order valence-corrected chi connectivity index (χ2v) is 6.65. The molecule has 4 nitrogen and oxygen atoms in total. The number of hydrogen-bond acceptors (Lipinski definition) is 3. The van der Waals surface area contributed by atoms with Crippen LogP contribution in [-0.4, -0.2) is 12.1 Å². The standard InChI is InChI=1S/C23H30N2O2/c1-2-3-4-5-6-10-13-23(26)25-24-18-20-14-16-22(17-15-20)27-19-21-11-8-7-9-12-21/h7-9,11-12,14-18H,2-6,10,13,19H2,1H3,(H,25,26)/b24-18+. The van der Waals surface area contributed by atoms with Crippen molar-refractivity contribution in [2.75, 3.05) is 0 Å². The molecule has 4 heteroatoms. The summed E-state index contributed by atoms with van der Waals surface area (Å²) >= 11 is 0. The summed E-state index contributed by atoms with van der Waals surface area (Å²) in [5.41, 5.74) is 4.65. The highest BCUT2D eigenvalue weighted by molar-refractivity contribution is 5.82. The normalized spacial score (nSPS) is 10.9. The molecule has 0 bridgehead atoms. The molecule has 0 aliphatic carbocycles. The third-order valence-electron chi connectivity index (χ3n) is 4.29. The first-order chi connectivity index (χ1) is 13.3. The Morgan fingerprint density at radius 2 is 1.67 bits per heavy atom. The zero-order valence-corrected chi connectivity index (χ0v) is 16.2. The minimum Gasteiger partial charge on any atom is -0.489 e. The van der Waals surface area contributed by atoms with Gasteiger partial charge >= 0.3 is 0 Å². The van der Waals surface area contributed by atoms with Crippen molar-refractivity contribution in [3.05, 3.63) is 65.7 Å². The van der Waals surface area contributed by atoms with Crippen LogP contribution in [0.3, 0.4) is 0 Å². The molecule has 2 aromatic carbocycles. The first kappa shape index (κ1) is 20.7. The van der Waals surface area contributed by atoms with Crippen LogP contribution >= 0.6 is 0 Å². The summed E-state index contributed by atoms with van der Waals surface area (Å²) in [6, 6.07) is 17.7. The summed E-state index contributed by atoms with van der Waals surface area (Å²) in [7, 11) is 0. The number of hydrogen-bond donors (Lipinski definition) is 1. The summed E-state index contributed by atoms with van der Waals surface area (Å²) < 4.78 is 5.75. The molecular weight excluding hydrogens is 336 g/mol. The van der Waals surface area contributed by atoms with Crippen molar-refractivity contribution < 1.29 is 9.53 Å². The predicted molar refractivity (Wildman–Crippen MR) is 111 cm³/mol. The van der Waals surface area contributed by atoms with E-state index in [0.717, 1.165) is 29.7 Å². The number of benzene rings is 2. The molecule has 0 fully saturated rings. The van der Waals surface area contributed by atoms with E-state index in [-0.39, 0.29) is 5.91 Å². The Kier molecular flexibility index (Phi) is 9.72. The van der Waals surface area contributed by atoms with E-state index in [4.69, 9.17) is 4.74 Å². The Morgan fingerprint density at radius 1 is 0.963 bits per heavy atom. The Labute approximate surface area is 162 Å². The average Bonchev–Trinajstić information content (AvgIpc) is 2.71. The van der Waals surface area contributed by atoms with E-state index < -0.39 is 0 Å². The number of carbonyl (C=O) groups is 1. The molecule has 0 aliphatic heterocycles. The molecule has 1 amide bonds. The number of hydrazone groups is 1. The van der Waals surface area contributed by atoms with Crippen LogP contribution in [-0.2, 0) is 11.4 Å². The van der Waals surface area contributed by atoms with E-state index in [9.17, 15) is 4.79 Å². The first-order valence-corrected chi connectivity index (χ1v) is 9.86. The van der Waals surface area contributed by atoms with Gasteiger partial charge < -0.3 is 4.74 Å². The van der Waals surface area contributed by atoms with Crippen molar-refractivity contribution in [2.24, 2.45) is 5.10 Å². The summed E-state index contributed by atoms with van der Waals surface area (Å²) in [6.45, 7) is 2.75. The number of nitrogens with one attached hydrogen (secondary N) is 1. The molecule has 27 heavy (non-hydrogen) atoms. The Hall–Kier alpha value is -2.62. The largest absolute Gasteiger partial charge is 0.489 e. The molecule has 1 N–H and O–H groups in total. The fourth-order valence-corrected chi connectivity index (χ4v) is 2.69. The number of unbranched alkanes of at least 4 members (excludes halogenated alkanes) is 5. The molecule has 0 spiro atoms. The highest BCUT2D eigenvalue weighted by atomic mass is 16.5. The van der Waals surface area contributed by atoms with E-state index in [1.807, 2.05) is 54.6 Å². The summed E-state index contributed by atoms with van der Waals surface area (Å²) in [4.78, 5) is 11.8. The first-order valence-electron chi connectivity index (χ1n) is 9.86. The van der Waals surface area contributed by atoms with Gasteiger partial charge in [0.15, 0.2) is 0 Å². The van der Waals surface area contributed by atoms with Gasteiger partial charge in [-0.05, 0) is 41.8 Å². The van der Waals surface area contributed by atoms with Crippen LogP contribution in [0, 0.1) is 0 Å². The van der Waals surface area contributed by atoms with Crippen molar-refractivity contribution in [2.45, 2.75) is 58.5 Å². The maximum absolute atomic E-state index is 11.8. The van der Waals surface area contributed by atoms with Gasteiger partial charge in [0.1, 0.15) is 12.4 Å². The maximum atomic E-state index is 11.8. The maximum Gasteiger partial charge on any atom is 0.240 e. The van der Waals surface area contributed by atoms with Gasteiger partial charge in [0.25, 0.3) is 0 Å². The van der Waals surface area contributed by atoms with Gasteiger partial charge in [0.2, 0.25) is 5.91 Å². The molecule has 0 unspecified atom stereocenters. The summed E-state index contributed by atoms with van der Waals surface area (Å²) in [6.07, 6.45) is 9.24. The lowest BCUT2D eigenvalue weighted by Gasteiger charge is -2.06. The Balaban J connectivity index is 1.64. The molecule has 0 aromatic heterocycles. The van der Waals surface area contributed by atoms with Crippen molar-refractivity contribution in [1.29, 1.82) is 0 Å². The highest BCUT2D eigenvalue weighted by Crippen LogP contribution is 2.13. The van der Waals surface area contributed by atoms with Crippen LogP contribution in [0.1, 0.15) is 63.0 Å². The zero-order valence-electron chi connectivity index (χ0n) is 16.2. The van der Waals surface area contributed by atoms with Gasteiger partial charge in [-0.1, -0.05) is 69.4 Å². The Bertz CT molecular complexity index is 681. The van der Waals surface area contributed by atoms with Crippen molar-refractivity contribution >= 4 is 12.1 Å². The quantitative estimate of drug-likeness (QED) is 0.308. The van der Waals surface area contributed by atoms with Crippen molar-refractivity contribution in [3.8, 4) is 5.75 Å². The lowest BCUT2D eigenvalue weighted by molar-refractivity contribution is -0.121. The number of carbonyl (C=O) groups excluding carboxylic acids is 1. The third kappa shape index (κ3) is 9.04. The van der Waals surface area contributed by atoms with Gasteiger partial charge in [0.05, 0.1) is 6.21 Å². The molecule has 0 saturated heterocycles. The van der Waals surface area contributed by atoms with E-state index >= 15 is 0 Å². The minimum absolute atomic E-state index is 0.0236. The van der Waals surface area contributed by atoms with Crippen LogP contribution in [0.15, 0.2) is 59.7 Å². The van der Waals surface area contributed by atoms with Gasteiger partial charge in [-0.25, -0.2) is 5.43 Å². The SMILES string of the molecule is CCCCCCCCC(=O)N/N=C/c1ccc(OCc2ccccc2)cc1. The van der Waals surface area contributed by atoms with Gasteiger partial charge in [0, 0.05) is 6.42 Å². The fraction of sp³-hybridized carbons (Fsp3) is 0.391. The molecule has 2 rings (SSSR count). The minimum atomic E-state index is -0.0236. The Morgan fingerprint density at radius 3 is 2.41 bits per heavy atom. The molecule has 0 atom stereocenters. The lowest BCUT2D eigenvalue weighted by Crippen LogP contribution is -2.16. The molecule has 0 saturated carbocycles. The molecule has 0 aliphatic rings. The van der Waals surface area contributed by atoms with Crippen LogP contribution in [0.25, 0.3) is 0 Å². The van der Waals surface area contributed by atoms with Crippen molar-refractivity contribution in [1.82, 2.24) is 5.43 Å². The fourth-order valence-electron chi connectivity index (χ4n) is 2.69. The molecule has 0 heterocycles. The van der Waals surface area contributed by atoms with E-state index in [1.165, 1.54) is 25.7 Å². The number of nitrogens with zero attached hydrogens (tertiary/aromatic N) is 1. The van der Waals surface area contributed by atoms with E-state index in [2.05, 4.69) is 17.5 Å². The van der Waals surface area contributed by atoms with Gasteiger partial charge in [-0.15, -0.1) is 0 Å². The van der Waals surface area contributed by atoms with E-state index in [0.29, 0.717) is 13.0 Å². The van der Waals surface area contributed by atoms with Crippen LogP contribution < -0.4 is 10.2 Å². The van der Waals surface area contributed by atoms with Gasteiger partial charge in [-0.2, -0.15) is 5.10 Å². The van der Waals surface area contributed by atoms with Crippen LogP contribution in [0.2, 0.25) is 0 Å². The van der Waals surface area contributed by atoms with Crippen LogP contribution in [0.5, 0.6) is 5.75 Å². The molecular formula is C23H30N2O2. The lowest BCUT2D eigenvalue weighted by atomic mass is 10.1. The number of rotatable bonds is 12. The van der Waals surface area contributed by atoms with Crippen molar-refractivity contribution in [3.63, 3.8) is 0 Å². The second kappa shape index (κ2) is 12.7. The van der Waals surface area contributed by atoms with E-state index in [1.54, 1.807) is 6.21 Å². The molecule has 2 aromatic rings. The average molecular weight is 367 g/mol. The molecule has 144 valence electrons. The monoisotopic (exact) mass is 366 g/mol. The molecule has 0 radical (unpaired) electrons. The second-order valence-electron chi connectivity index (χ2n) is 6.65. The smallest absolute Gasteiger partial charge is 0.240 e.